The van der Waals surface area contributed by atoms with Gasteiger partial charge in [-0.25, -0.2) is 17.5 Å². The minimum atomic E-state index is -3.21. The van der Waals surface area contributed by atoms with Crippen molar-refractivity contribution in [3.63, 3.8) is 0 Å². The average Bonchev–Trinajstić information content (AvgIpc) is 2.76. The Balaban J connectivity index is 1.45. The van der Waals surface area contributed by atoms with Gasteiger partial charge in [0.25, 0.3) is 5.91 Å². The molecule has 0 aliphatic carbocycles. The molecule has 2 N–H and O–H groups in total. The molecule has 0 bridgehead atoms. The van der Waals surface area contributed by atoms with Crippen LogP contribution in [0.3, 0.4) is 0 Å². The Morgan fingerprint density at radius 3 is 2.28 bits per heavy atom. The van der Waals surface area contributed by atoms with E-state index >= 15 is 0 Å². The van der Waals surface area contributed by atoms with Crippen LogP contribution in [0, 0.1) is 5.82 Å². The number of carbonyl (C=O) groups excluding carboxylic acids is 1. The first kappa shape index (κ1) is 23.4. The first-order valence-electron chi connectivity index (χ1n) is 10.1. The molecule has 3 rings (SSSR count). The second kappa shape index (κ2) is 10.9. The summed E-state index contributed by atoms with van der Waals surface area (Å²) in [5, 5.41) is 2.87. The van der Waals surface area contributed by atoms with E-state index in [0.717, 1.165) is 22.9 Å². The van der Waals surface area contributed by atoms with Crippen molar-refractivity contribution in [2.24, 2.45) is 0 Å². The summed E-state index contributed by atoms with van der Waals surface area (Å²) in [6.07, 6.45) is 1.66. The van der Waals surface area contributed by atoms with Crippen LogP contribution in [0.4, 0.5) is 4.39 Å². The van der Waals surface area contributed by atoms with Crippen LogP contribution in [-0.2, 0) is 29.6 Å². The summed E-state index contributed by atoms with van der Waals surface area (Å²) in [7, 11) is -3.21. The highest BCUT2D eigenvalue weighted by Gasteiger charge is 2.06. The normalized spacial score (nSPS) is 11.2. The highest BCUT2D eigenvalue weighted by Crippen LogP contribution is 2.15. The molecule has 0 heterocycles. The third-order valence-electron chi connectivity index (χ3n) is 4.67. The Hall–Kier alpha value is -3.23. The molecule has 8 heteroatoms. The standard InChI is InChI=1S/C24H25FN2O4S/c1-32(29,30)27-14-13-18-5-9-21(10-6-18)24(28)26-16-19-7-11-23(12-8-19)31-17-20-3-2-4-22(25)15-20/h2-12,15,27H,13-14,16-17H2,1H3,(H,26,28). The summed E-state index contributed by atoms with van der Waals surface area (Å²) in [6.45, 7) is 0.948. The van der Waals surface area contributed by atoms with Gasteiger partial charge in [-0.3, -0.25) is 4.79 Å². The predicted octanol–water partition coefficient (Wildman–Crippen LogP) is 3.43. The van der Waals surface area contributed by atoms with Gasteiger partial charge in [-0.2, -0.15) is 0 Å². The maximum atomic E-state index is 13.2. The minimum absolute atomic E-state index is 0.197. The highest BCUT2D eigenvalue weighted by molar-refractivity contribution is 7.88. The van der Waals surface area contributed by atoms with Crippen LogP contribution in [0.15, 0.2) is 72.8 Å². The zero-order chi connectivity index (χ0) is 23.0. The lowest BCUT2D eigenvalue weighted by Gasteiger charge is -2.09. The Kier molecular flexibility index (Phi) is 7.97. The van der Waals surface area contributed by atoms with E-state index in [1.807, 2.05) is 24.3 Å². The fraction of sp³-hybridized carbons (Fsp3) is 0.208. The Morgan fingerprint density at radius 1 is 0.938 bits per heavy atom. The van der Waals surface area contributed by atoms with Crippen molar-refractivity contribution in [1.29, 1.82) is 0 Å². The van der Waals surface area contributed by atoms with Crippen LogP contribution in [0.1, 0.15) is 27.0 Å². The number of carbonyl (C=O) groups is 1. The van der Waals surface area contributed by atoms with Gasteiger partial charge in [-0.1, -0.05) is 36.4 Å². The van der Waals surface area contributed by atoms with Gasteiger partial charge < -0.3 is 10.1 Å². The number of sulfonamides is 1. The topological polar surface area (TPSA) is 84.5 Å². The zero-order valence-corrected chi connectivity index (χ0v) is 18.5. The van der Waals surface area contributed by atoms with E-state index in [-0.39, 0.29) is 18.3 Å². The molecule has 0 aromatic heterocycles. The molecule has 3 aromatic carbocycles. The van der Waals surface area contributed by atoms with Crippen LogP contribution in [0.25, 0.3) is 0 Å². The van der Waals surface area contributed by atoms with E-state index in [2.05, 4.69) is 10.0 Å². The molecule has 0 radical (unpaired) electrons. The molecule has 0 spiro atoms. The molecule has 168 valence electrons. The smallest absolute Gasteiger partial charge is 0.251 e. The van der Waals surface area contributed by atoms with E-state index in [1.165, 1.54) is 12.1 Å². The second-order valence-corrected chi connectivity index (χ2v) is 9.19. The lowest BCUT2D eigenvalue weighted by Crippen LogP contribution is -2.24. The quantitative estimate of drug-likeness (QED) is 0.490. The molecular formula is C24H25FN2O4S. The average molecular weight is 457 g/mol. The Bertz CT molecular complexity index is 1150. The molecule has 0 saturated heterocycles. The maximum absolute atomic E-state index is 13.2. The zero-order valence-electron chi connectivity index (χ0n) is 17.7. The Labute approximate surface area is 187 Å². The summed E-state index contributed by atoms with van der Waals surface area (Å²) in [4.78, 5) is 12.4. The monoisotopic (exact) mass is 456 g/mol. The van der Waals surface area contributed by atoms with E-state index in [4.69, 9.17) is 4.74 Å². The van der Waals surface area contributed by atoms with Crippen molar-refractivity contribution in [2.75, 3.05) is 12.8 Å². The lowest BCUT2D eigenvalue weighted by atomic mass is 10.1. The van der Waals surface area contributed by atoms with E-state index in [9.17, 15) is 17.6 Å². The summed E-state index contributed by atoms with van der Waals surface area (Å²) in [6, 6.07) is 20.6. The van der Waals surface area contributed by atoms with Gasteiger partial charge in [0.05, 0.1) is 6.26 Å². The molecule has 0 aliphatic rings. The van der Waals surface area contributed by atoms with E-state index < -0.39 is 10.0 Å². The number of hydrogen-bond acceptors (Lipinski definition) is 4. The molecule has 1 amide bonds. The molecule has 0 fully saturated rings. The summed E-state index contributed by atoms with van der Waals surface area (Å²) in [5.41, 5.74) is 3.13. The number of nitrogens with one attached hydrogen (secondary N) is 2. The number of benzene rings is 3. The maximum Gasteiger partial charge on any atom is 0.251 e. The fourth-order valence-corrected chi connectivity index (χ4v) is 3.46. The van der Waals surface area contributed by atoms with Gasteiger partial charge in [0.1, 0.15) is 18.2 Å². The van der Waals surface area contributed by atoms with Crippen LogP contribution in [-0.4, -0.2) is 27.1 Å². The van der Waals surface area contributed by atoms with Crippen molar-refractivity contribution in [3.8, 4) is 5.75 Å². The molecule has 0 atom stereocenters. The van der Waals surface area contributed by atoms with Crippen LogP contribution in [0.5, 0.6) is 5.75 Å². The molecule has 0 aliphatic heterocycles. The van der Waals surface area contributed by atoms with Crippen molar-refractivity contribution in [2.45, 2.75) is 19.6 Å². The summed E-state index contributed by atoms with van der Waals surface area (Å²) >= 11 is 0. The van der Waals surface area contributed by atoms with Gasteiger partial charge >= 0.3 is 0 Å². The number of rotatable bonds is 10. The SMILES string of the molecule is CS(=O)(=O)NCCc1ccc(C(=O)NCc2ccc(OCc3cccc(F)c3)cc2)cc1. The van der Waals surface area contributed by atoms with Crippen molar-refractivity contribution < 1.29 is 22.3 Å². The number of amides is 1. The van der Waals surface area contributed by atoms with Crippen LogP contribution < -0.4 is 14.8 Å². The predicted molar refractivity (Wildman–Crippen MR) is 121 cm³/mol. The van der Waals surface area contributed by atoms with Gasteiger partial charge in [0.15, 0.2) is 0 Å². The van der Waals surface area contributed by atoms with Gasteiger partial charge in [0, 0.05) is 18.7 Å². The third-order valence-corrected chi connectivity index (χ3v) is 5.39. The van der Waals surface area contributed by atoms with Gasteiger partial charge in [-0.05, 0) is 59.5 Å². The number of hydrogen-bond donors (Lipinski definition) is 2. The summed E-state index contributed by atoms with van der Waals surface area (Å²) < 4.78 is 43.5. The van der Waals surface area contributed by atoms with Crippen molar-refractivity contribution in [1.82, 2.24) is 10.0 Å². The highest BCUT2D eigenvalue weighted by atomic mass is 32.2. The van der Waals surface area contributed by atoms with Gasteiger partial charge in [0.2, 0.25) is 10.0 Å². The van der Waals surface area contributed by atoms with Crippen LogP contribution >= 0.6 is 0 Å². The minimum Gasteiger partial charge on any atom is -0.489 e. The third kappa shape index (κ3) is 7.79. The van der Waals surface area contributed by atoms with E-state index in [1.54, 1.807) is 36.4 Å². The first-order chi connectivity index (χ1) is 15.3. The fourth-order valence-electron chi connectivity index (χ4n) is 2.98. The summed E-state index contributed by atoms with van der Waals surface area (Å²) in [5.74, 6) is 0.165. The van der Waals surface area contributed by atoms with Crippen LogP contribution in [0.2, 0.25) is 0 Å². The van der Waals surface area contributed by atoms with Crippen molar-refractivity contribution >= 4 is 15.9 Å². The number of halogens is 1. The first-order valence-corrected chi connectivity index (χ1v) is 12.0. The van der Waals surface area contributed by atoms with Gasteiger partial charge in [-0.15, -0.1) is 0 Å². The molecule has 3 aromatic rings. The molecule has 6 nitrogen and oxygen atoms in total. The van der Waals surface area contributed by atoms with Crippen molar-refractivity contribution in [3.05, 3.63) is 101 Å². The lowest BCUT2D eigenvalue weighted by molar-refractivity contribution is 0.0951. The molecule has 0 unspecified atom stereocenters. The Morgan fingerprint density at radius 2 is 1.62 bits per heavy atom. The largest absolute Gasteiger partial charge is 0.489 e. The second-order valence-electron chi connectivity index (χ2n) is 7.36. The molecule has 0 saturated carbocycles. The molecular weight excluding hydrogens is 431 g/mol. The number of ether oxygens (including phenoxy) is 1. The van der Waals surface area contributed by atoms with E-state index in [0.29, 0.717) is 30.8 Å². The molecule has 32 heavy (non-hydrogen) atoms.